The molecule has 0 radical (unpaired) electrons. The largest absolute Gasteiger partial charge is 0.461 e. The molecule has 0 bridgehead atoms. The van der Waals surface area contributed by atoms with Gasteiger partial charge < -0.3 is 9.57 Å². The summed E-state index contributed by atoms with van der Waals surface area (Å²) < 4.78 is 4.47. The normalized spacial score (nSPS) is 10.5. The molecule has 11 heavy (non-hydrogen) atoms. The lowest BCUT2D eigenvalue weighted by molar-refractivity contribution is -0.135. The molecule has 5 heteroatoms. The van der Waals surface area contributed by atoms with Crippen LogP contribution in [0.3, 0.4) is 0 Å². The molecule has 0 rings (SSSR count). The quantitative estimate of drug-likeness (QED) is 0.186. The average molecular weight is 159 g/mol. The van der Waals surface area contributed by atoms with Crippen molar-refractivity contribution in [2.24, 2.45) is 5.16 Å². The summed E-state index contributed by atoms with van der Waals surface area (Å²) in [6.07, 6.45) is 0.279. The Morgan fingerprint density at radius 3 is 2.64 bits per heavy atom. The zero-order chi connectivity index (χ0) is 8.69. The Bertz CT molecular complexity index is 175. The molecule has 0 saturated carbocycles. The van der Waals surface area contributed by atoms with Crippen LogP contribution in [0.25, 0.3) is 0 Å². The fraction of sp³-hybridized carbons (Fsp3) is 0.500. The molecule has 0 aromatic rings. The van der Waals surface area contributed by atoms with E-state index in [1.54, 1.807) is 6.92 Å². The van der Waals surface area contributed by atoms with Crippen molar-refractivity contribution in [3.05, 3.63) is 0 Å². The number of esters is 1. The van der Waals surface area contributed by atoms with E-state index in [-0.39, 0.29) is 18.6 Å². The van der Waals surface area contributed by atoms with Crippen molar-refractivity contribution < 1.29 is 19.2 Å². The van der Waals surface area contributed by atoms with Crippen molar-refractivity contribution in [2.45, 2.75) is 6.92 Å². The number of ether oxygens (including phenoxy) is 1. The molecule has 0 aliphatic heterocycles. The Morgan fingerprint density at radius 1 is 1.64 bits per heavy atom. The monoisotopic (exact) mass is 159 g/mol. The number of rotatable bonds is 4. The van der Waals surface area contributed by atoms with E-state index < -0.39 is 5.97 Å². The van der Waals surface area contributed by atoms with Crippen LogP contribution in [-0.4, -0.2) is 31.7 Å². The van der Waals surface area contributed by atoms with Gasteiger partial charge in [0.05, 0.1) is 6.61 Å². The van der Waals surface area contributed by atoms with Crippen LogP contribution < -0.4 is 0 Å². The fourth-order valence-corrected chi connectivity index (χ4v) is 0.410. The Kier molecular flexibility index (Phi) is 4.72. The number of carbonyl (C=O) groups excluding carboxylic acids is 2. The predicted octanol–water partition coefficient (Wildman–Crippen LogP) is -0.249. The molecule has 0 aliphatic rings. The summed E-state index contributed by atoms with van der Waals surface area (Å²) >= 11 is 0. The molecule has 0 aromatic heterocycles. The summed E-state index contributed by atoms with van der Waals surface area (Å²) in [6, 6.07) is 0. The SMILES string of the molecule is CCOC(=O)C(C=O)=NOC. The van der Waals surface area contributed by atoms with Gasteiger partial charge in [-0.15, -0.1) is 0 Å². The first kappa shape index (κ1) is 9.61. The highest BCUT2D eigenvalue weighted by molar-refractivity contribution is 6.58. The third kappa shape index (κ3) is 3.34. The Balaban J connectivity index is 4.14. The molecule has 5 nitrogen and oxygen atoms in total. The van der Waals surface area contributed by atoms with Crippen molar-refractivity contribution in [1.82, 2.24) is 0 Å². The van der Waals surface area contributed by atoms with Gasteiger partial charge in [0.2, 0.25) is 5.71 Å². The first-order valence-corrected chi connectivity index (χ1v) is 2.99. The van der Waals surface area contributed by atoms with Crippen LogP contribution >= 0.6 is 0 Å². The van der Waals surface area contributed by atoms with Gasteiger partial charge in [-0.1, -0.05) is 5.16 Å². The maximum absolute atomic E-state index is 10.7. The molecule has 0 atom stereocenters. The Labute approximate surface area is 64.0 Å². The topological polar surface area (TPSA) is 65.0 Å². The standard InChI is InChI=1S/C6H9NO4/c1-3-11-6(9)5(4-8)7-10-2/h4H,3H2,1-2H3. The predicted molar refractivity (Wildman–Crippen MR) is 37.1 cm³/mol. The summed E-state index contributed by atoms with van der Waals surface area (Å²) in [5, 5.41) is 3.14. The zero-order valence-corrected chi connectivity index (χ0v) is 6.36. The molecule has 0 heterocycles. The van der Waals surface area contributed by atoms with Crippen LogP contribution in [0.1, 0.15) is 6.92 Å². The molecule has 0 amide bonds. The van der Waals surface area contributed by atoms with E-state index >= 15 is 0 Å². The van der Waals surface area contributed by atoms with Crippen molar-refractivity contribution in [1.29, 1.82) is 0 Å². The molecule has 0 fully saturated rings. The second-order valence-electron chi connectivity index (χ2n) is 1.50. The lowest BCUT2D eigenvalue weighted by Crippen LogP contribution is -2.18. The first-order chi connectivity index (χ1) is 5.26. The van der Waals surface area contributed by atoms with Crippen LogP contribution in [0.5, 0.6) is 0 Å². The van der Waals surface area contributed by atoms with Gasteiger partial charge in [-0.25, -0.2) is 4.79 Å². The van der Waals surface area contributed by atoms with Crippen LogP contribution in [0.2, 0.25) is 0 Å². The molecule has 0 aliphatic carbocycles. The van der Waals surface area contributed by atoms with Gasteiger partial charge in [0.15, 0.2) is 6.29 Å². The third-order valence-corrected chi connectivity index (χ3v) is 0.786. The summed E-state index contributed by atoms with van der Waals surface area (Å²) in [4.78, 5) is 25.0. The van der Waals surface area contributed by atoms with Gasteiger partial charge in [-0.3, -0.25) is 4.79 Å². The first-order valence-electron chi connectivity index (χ1n) is 2.99. The summed E-state index contributed by atoms with van der Waals surface area (Å²) in [5.74, 6) is -0.774. The van der Waals surface area contributed by atoms with Gasteiger partial charge >= 0.3 is 5.97 Å². The average Bonchev–Trinajstić information content (AvgIpc) is 2.00. The highest BCUT2D eigenvalue weighted by Gasteiger charge is 2.11. The molecule has 0 unspecified atom stereocenters. The van der Waals surface area contributed by atoms with Gasteiger partial charge in [0.1, 0.15) is 7.11 Å². The highest BCUT2D eigenvalue weighted by Crippen LogP contribution is 1.82. The molecular weight excluding hydrogens is 150 g/mol. The Morgan fingerprint density at radius 2 is 2.27 bits per heavy atom. The van der Waals surface area contributed by atoms with Gasteiger partial charge in [-0.2, -0.15) is 0 Å². The lowest BCUT2D eigenvalue weighted by atomic mass is 10.4. The van der Waals surface area contributed by atoms with Crippen LogP contribution in [0.4, 0.5) is 0 Å². The summed E-state index contributed by atoms with van der Waals surface area (Å²) in [7, 11) is 1.24. The third-order valence-electron chi connectivity index (χ3n) is 0.786. The zero-order valence-electron chi connectivity index (χ0n) is 6.36. The second-order valence-corrected chi connectivity index (χ2v) is 1.50. The van der Waals surface area contributed by atoms with Crippen molar-refractivity contribution in [2.75, 3.05) is 13.7 Å². The van der Waals surface area contributed by atoms with Gasteiger partial charge in [-0.05, 0) is 6.92 Å². The van der Waals surface area contributed by atoms with Crippen molar-refractivity contribution in [3.63, 3.8) is 0 Å². The fourth-order valence-electron chi connectivity index (χ4n) is 0.410. The van der Waals surface area contributed by atoms with E-state index in [0.29, 0.717) is 0 Å². The maximum Gasteiger partial charge on any atom is 0.363 e. The smallest absolute Gasteiger partial charge is 0.363 e. The van der Waals surface area contributed by atoms with Crippen molar-refractivity contribution >= 4 is 18.0 Å². The number of nitrogens with zero attached hydrogens (tertiary/aromatic N) is 1. The van der Waals surface area contributed by atoms with Crippen LogP contribution in [0, 0.1) is 0 Å². The molecule has 0 saturated heterocycles. The lowest BCUT2D eigenvalue weighted by Gasteiger charge is -1.97. The number of hydrogen-bond donors (Lipinski definition) is 0. The maximum atomic E-state index is 10.7. The van der Waals surface area contributed by atoms with E-state index in [0.717, 1.165) is 0 Å². The minimum Gasteiger partial charge on any atom is -0.461 e. The van der Waals surface area contributed by atoms with Crippen LogP contribution in [0.15, 0.2) is 5.16 Å². The molecule has 0 spiro atoms. The molecule has 0 aromatic carbocycles. The molecular formula is C6H9NO4. The van der Waals surface area contributed by atoms with Crippen molar-refractivity contribution in [3.8, 4) is 0 Å². The summed E-state index contributed by atoms with van der Waals surface area (Å²) in [5.41, 5.74) is -0.366. The Hall–Kier alpha value is -1.39. The molecule has 0 N–H and O–H groups in total. The van der Waals surface area contributed by atoms with E-state index in [2.05, 4.69) is 14.7 Å². The number of carbonyl (C=O) groups is 2. The number of aldehydes is 1. The number of oxime groups is 1. The second kappa shape index (κ2) is 5.40. The number of hydrogen-bond acceptors (Lipinski definition) is 5. The summed E-state index contributed by atoms with van der Waals surface area (Å²) in [6.45, 7) is 1.84. The molecule has 62 valence electrons. The van der Waals surface area contributed by atoms with E-state index in [4.69, 9.17) is 0 Å². The minimum atomic E-state index is -0.774. The van der Waals surface area contributed by atoms with E-state index in [1.165, 1.54) is 7.11 Å². The van der Waals surface area contributed by atoms with Crippen LogP contribution in [-0.2, 0) is 19.2 Å². The van der Waals surface area contributed by atoms with E-state index in [1.807, 2.05) is 0 Å². The highest BCUT2D eigenvalue weighted by atomic mass is 16.6. The van der Waals surface area contributed by atoms with Gasteiger partial charge in [0, 0.05) is 0 Å². The van der Waals surface area contributed by atoms with E-state index in [9.17, 15) is 9.59 Å². The minimum absolute atomic E-state index is 0.204. The van der Waals surface area contributed by atoms with Gasteiger partial charge in [0.25, 0.3) is 0 Å².